The van der Waals surface area contributed by atoms with Gasteiger partial charge in [0.2, 0.25) is 0 Å². The van der Waals surface area contributed by atoms with Crippen molar-refractivity contribution in [3.63, 3.8) is 0 Å². The fourth-order valence-corrected chi connectivity index (χ4v) is 3.85. The van der Waals surface area contributed by atoms with Crippen LogP contribution < -0.4 is 4.90 Å². The lowest BCUT2D eigenvalue weighted by Crippen LogP contribution is -2.16. The van der Waals surface area contributed by atoms with Crippen LogP contribution in [0.25, 0.3) is 0 Å². The summed E-state index contributed by atoms with van der Waals surface area (Å²) >= 11 is 5.35. The fraction of sp³-hybridized carbons (Fsp3) is 0.300. The first-order valence-corrected chi connectivity index (χ1v) is 6.41. The number of nitrogens with one attached hydrogen (secondary N) is 1. The van der Waals surface area contributed by atoms with Gasteiger partial charge in [-0.1, -0.05) is 0 Å². The van der Waals surface area contributed by atoms with Crippen molar-refractivity contribution in [3.05, 3.63) is 32.9 Å². The van der Waals surface area contributed by atoms with Gasteiger partial charge < -0.3 is 9.88 Å². The number of likely N-dealkylation sites (N-methyl/N-ethyl adjacent to an activating group) is 1. The predicted molar refractivity (Wildman–Crippen MR) is 65.7 cm³/mol. The fourth-order valence-electron chi connectivity index (χ4n) is 2.14. The van der Waals surface area contributed by atoms with Crippen LogP contribution >= 0.6 is 27.3 Å². The molecule has 0 spiro atoms. The standard InChI is InChI=1S/C10H10BrN3S/c1-14-3-6(8-2-12-5-13-8)7-4-15-10(11)9(7)14/h2,4-6H,3H2,1H3,(H,12,13). The number of hydrogen-bond donors (Lipinski definition) is 1. The molecule has 2 aromatic heterocycles. The molecule has 5 heteroatoms. The molecule has 0 saturated heterocycles. The van der Waals surface area contributed by atoms with Crippen LogP contribution in [0.5, 0.6) is 0 Å². The first-order valence-electron chi connectivity index (χ1n) is 4.73. The second kappa shape index (κ2) is 3.35. The van der Waals surface area contributed by atoms with Crippen molar-refractivity contribution in [1.82, 2.24) is 9.97 Å². The Morgan fingerprint density at radius 3 is 3.27 bits per heavy atom. The molecule has 0 radical (unpaired) electrons. The SMILES string of the molecule is CN1CC(c2cnc[nH]2)c2csc(Br)c21. The number of imidazole rings is 1. The molecule has 78 valence electrons. The molecule has 0 bridgehead atoms. The van der Waals surface area contributed by atoms with Gasteiger partial charge in [0.25, 0.3) is 0 Å². The second-order valence-corrected chi connectivity index (χ2v) is 5.95. The van der Waals surface area contributed by atoms with Crippen molar-refractivity contribution >= 4 is 33.0 Å². The number of halogens is 1. The van der Waals surface area contributed by atoms with Gasteiger partial charge in [0, 0.05) is 31.4 Å². The van der Waals surface area contributed by atoms with E-state index in [4.69, 9.17) is 0 Å². The van der Waals surface area contributed by atoms with Gasteiger partial charge in [-0.2, -0.15) is 0 Å². The highest BCUT2D eigenvalue weighted by Crippen LogP contribution is 2.46. The molecule has 0 saturated carbocycles. The summed E-state index contributed by atoms with van der Waals surface area (Å²) in [5.74, 6) is 0.440. The molecule has 15 heavy (non-hydrogen) atoms. The molecule has 0 amide bonds. The van der Waals surface area contributed by atoms with E-state index in [1.807, 2.05) is 6.20 Å². The van der Waals surface area contributed by atoms with Crippen molar-refractivity contribution in [2.45, 2.75) is 5.92 Å². The maximum absolute atomic E-state index is 4.09. The summed E-state index contributed by atoms with van der Waals surface area (Å²) in [6, 6.07) is 0. The summed E-state index contributed by atoms with van der Waals surface area (Å²) in [7, 11) is 2.13. The number of rotatable bonds is 1. The minimum Gasteiger partial charge on any atom is -0.372 e. The van der Waals surface area contributed by atoms with Gasteiger partial charge in [0.15, 0.2) is 0 Å². The molecule has 1 aliphatic rings. The van der Waals surface area contributed by atoms with Crippen LogP contribution in [0.1, 0.15) is 17.2 Å². The second-order valence-electron chi connectivity index (χ2n) is 3.75. The van der Waals surface area contributed by atoms with Gasteiger partial charge >= 0.3 is 0 Å². The Morgan fingerprint density at radius 1 is 1.67 bits per heavy atom. The van der Waals surface area contributed by atoms with Crippen LogP contribution in [0.2, 0.25) is 0 Å². The lowest BCUT2D eigenvalue weighted by Gasteiger charge is -2.12. The third kappa shape index (κ3) is 1.33. The van der Waals surface area contributed by atoms with E-state index in [9.17, 15) is 0 Å². The third-order valence-corrected chi connectivity index (χ3v) is 4.57. The van der Waals surface area contributed by atoms with Crippen LogP contribution in [0, 0.1) is 0 Å². The highest BCUT2D eigenvalue weighted by Gasteiger charge is 2.31. The zero-order valence-electron chi connectivity index (χ0n) is 8.20. The third-order valence-electron chi connectivity index (χ3n) is 2.86. The number of nitrogens with zero attached hydrogens (tertiary/aromatic N) is 2. The summed E-state index contributed by atoms with van der Waals surface area (Å²) in [5.41, 5.74) is 3.93. The summed E-state index contributed by atoms with van der Waals surface area (Å²) in [4.78, 5) is 9.58. The topological polar surface area (TPSA) is 31.9 Å². The molecule has 3 heterocycles. The highest BCUT2D eigenvalue weighted by molar-refractivity contribution is 9.11. The van der Waals surface area contributed by atoms with E-state index in [0.29, 0.717) is 5.92 Å². The Bertz CT molecular complexity index is 477. The van der Waals surface area contributed by atoms with Crippen molar-refractivity contribution in [3.8, 4) is 0 Å². The molecule has 3 rings (SSSR count). The van der Waals surface area contributed by atoms with Gasteiger partial charge in [-0.05, 0) is 26.9 Å². The normalized spacial score (nSPS) is 19.6. The summed E-state index contributed by atoms with van der Waals surface area (Å²) < 4.78 is 1.22. The summed E-state index contributed by atoms with van der Waals surface area (Å²) in [5, 5.41) is 2.23. The van der Waals surface area contributed by atoms with E-state index in [1.54, 1.807) is 17.7 Å². The van der Waals surface area contributed by atoms with Crippen LogP contribution in [0.4, 0.5) is 5.69 Å². The van der Waals surface area contributed by atoms with Gasteiger partial charge in [-0.3, -0.25) is 0 Å². The Morgan fingerprint density at radius 2 is 2.53 bits per heavy atom. The first kappa shape index (κ1) is 9.42. The molecule has 1 aliphatic heterocycles. The quantitative estimate of drug-likeness (QED) is 0.873. The number of hydrogen-bond acceptors (Lipinski definition) is 3. The molecular formula is C10H10BrN3S. The molecule has 1 unspecified atom stereocenters. The molecule has 2 aromatic rings. The Labute approximate surface area is 100 Å². The number of anilines is 1. The Kier molecular flexibility index (Phi) is 2.10. The van der Waals surface area contributed by atoms with Crippen LogP contribution in [-0.4, -0.2) is 23.6 Å². The van der Waals surface area contributed by atoms with Gasteiger partial charge in [0.05, 0.1) is 15.8 Å². The van der Waals surface area contributed by atoms with Crippen molar-refractivity contribution < 1.29 is 0 Å². The molecule has 3 nitrogen and oxygen atoms in total. The first-order chi connectivity index (χ1) is 7.27. The highest BCUT2D eigenvalue weighted by atomic mass is 79.9. The lowest BCUT2D eigenvalue weighted by atomic mass is 10.0. The van der Waals surface area contributed by atoms with Gasteiger partial charge in [-0.25, -0.2) is 4.98 Å². The zero-order valence-corrected chi connectivity index (χ0v) is 10.6. The van der Waals surface area contributed by atoms with Crippen molar-refractivity contribution in [2.24, 2.45) is 0 Å². The number of H-pyrrole nitrogens is 1. The number of fused-ring (bicyclic) bond motifs is 1. The summed E-state index contributed by atoms with van der Waals surface area (Å²) in [6.07, 6.45) is 3.66. The maximum atomic E-state index is 4.09. The van der Waals surface area contributed by atoms with Crippen LogP contribution in [0.15, 0.2) is 21.7 Å². The average Bonchev–Trinajstić information content (AvgIpc) is 2.86. The van der Waals surface area contributed by atoms with E-state index in [-0.39, 0.29) is 0 Å². The monoisotopic (exact) mass is 283 g/mol. The minimum atomic E-state index is 0.440. The van der Waals surface area contributed by atoms with E-state index >= 15 is 0 Å². The Hall–Kier alpha value is -0.810. The zero-order chi connectivity index (χ0) is 10.4. The molecule has 0 aromatic carbocycles. The number of aromatic amines is 1. The van der Waals surface area contributed by atoms with E-state index in [2.05, 4.69) is 43.2 Å². The van der Waals surface area contributed by atoms with Gasteiger partial charge in [-0.15, -0.1) is 11.3 Å². The van der Waals surface area contributed by atoms with Crippen molar-refractivity contribution in [1.29, 1.82) is 0 Å². The minimum absolute atomic E-state index is 0.440. The van der Waals surface area contributed by atoms with Crippen LogP contribution in [-0.2, 0) is 0 Å². The predicted octanol–water partition coefficient (Wildman–Crippen LogP) is 2.82. The molecular weight excluding hydrogens is 274 g/mol. The number of thiophene rings is 1. The molecule has 0 fully saturated rings. The Balaban J connectivity index is 2.09. The average molecular weight is 284 g/mol. The smallest absolute Gasteiger partial charge is 0.0934 e. The molecule has 1 atom stereocenters. The van der Waals surface area contributed by atoms with E-state index in [1.165, 1.54) is 20.7 Å². The largest absolute Gasteiger partial charge is 0.372 e. The molecule has 1 N–H and O–H groups in total. The van der Waals surface area contributed by atoms with Crippen LogP contribution in [0.3, 0.4) is 0 Å². The summed E-state index contributed by atoms with van der Waals surface area (Å²) in [6.45, 7) is 1.03. The van der Waals surface area contributed by atoms with Crippen molar-refractivity contribution in [2.75, 3.05) is 18.5 Å². The molecule has 0 aliphatic carbocycles. The maximum Gasteiger partial charge on any atom is 0.0934 e. The van der Waals surface area contributed by atoms with Gasteiger partial charge in [0.1, 0.15) is 0 Å². The van der Waals surface area contributed by atoms with E-state index < -0.39 is 0 Å². The number of aromatic nitrogens is 2. The van der Waals surface area contributed by atoms with E-state index in [0.717, 1.165) is 6.54 Å². The lowest BCUT2D eigenvalue weighted by molar-refractivity contribution is 0.814.